The molecule has 112 valence electrons. The topological polar surface area (TPSA) is 68.0 Å². The average molecular weight is 287 g/mol. The fourth-order valence-electron chi connectivity index (χ4n) is 1.92. The lowest BCUT2D eigenvalue weighted by Gasteiger charge is -2.07. The minimum absolute atomic E-state index is 0.0115. The third kappa shape index (κ3) is 4.41. The number of hydrogen-bond acceptors (Lipinski definition) is 4. The summed E-state index contributed by atoms with van der Waals surface area (Å²) in [4.78, 5) is 16.1. The Kier molecular flexibility index (Phi) is 5.09. The molecule has 0 bridgehead atoms. The van der Waals surface area contributed by atoms with Crippen molar-refractivity contribution in [2.75, 3.05) is 0 Å². The molecule has 0 aliphatic rings. The quantitative estimate of drug-likeness (QED) is 0.887. The normalized spacial score (nSPS) is 10.9. The number of carbonyl (C=O) groups is 1. The van der Waals surface area contributed by atoms with Crippen LogP contribution in [-0.4, -0.2) is 16.0 Å². The van der Waals surface area contributed by atoms with E-state index in [0.717, 1.165) is 5.56 Å². The van der Waals surface area contributed by atoms with Crippen LogP contribution in [0.1, 0.15) is 49.0 Å². The van der Waals surface area contributed by atoms with Crippen LogP contribution in [0.2, 0.25) is 0 Å². The number of amides is 1. The first-order valence-corrected chi connectivity index (χ1v) is 7.20. The maximum Gasteiger partial charge on any atom is 0.227 e. The molecule has 5 heteroatoms. The van der Waals surface area contributed by atoms with Crippen LogP contribution >= 0.6 is 0 Å². The van der Waals surface area contributed by atoms with Crippen LogP contribution in [0.3, 0.4) is 0 Å². The molecule has 2 rings (SSSR count). The first kappa shape index (κ1) is 15.2. The molecule has 2 aromatic rings. The molecule has 1 aromatic carbocycles. The van der Waals surface area contributed by atoms with E-state index in [1.54, 1.807) is 0 Å². The highest BCUT2D eigenvalue weighted by atomic mass is 16.5. The summed E-state index contributed by atoms with van der Waals surface area (Å²) in [5.41, 5.74) is 2.31. The van der Waals surface area contributed by atoms with Crippen molar-refractivity contribution < 1.29 is 9.32 Å². The van der Waals surface area contributed by atoms with Gasteiger partial charge in [0.1, 0.15) is 0 Å². The Hall–Kier alpha value is -2.17. The fourth-order valence-corrected chi connectivity index (χ4v) is 1.92. The first-order valence-electron chi connectivity index (χ1n) is 7.20. The number of benzene rings is 1. The molecule has 0 radical (unpaired) electrons. The number of nitrogens with one attached hydrogen (secondary N) is 1. The Morgan fingerprint density at radius 2 is 2.10 bits per heavy atom. The van der Waals surface area contributed by atoms with E-state index in [1.807, 2.05) is 45.0 Å². The van der Waals surface area contributed by atoms with Crippen LogP contribution in [0.4, 0.5) is 0 Å². The highest BCUT2D eigenvalue weighted by Gasteiger charge is 2.11. The minimum atomic E-state index is -0.0115. The lowest BCUT2D eigenvalue weighted by atomic mass is 10.1. The van der Waals surface area contributed by atoms with E-state index in [1.165, 1.54) is 5.56 Å². The van der Waals surface area contributed by atoms with Crippen LogP contribution in [-0.2, 0) is 17.8 Å². The second kappa shape index (κ2) is 7.02. The molecular weight excluding hydrogens is 266 g/mol. The van der Waals surface area contributed by atoms with Gasteiger partial charge in [-0.3, -0.25) is 4.79 Å². The summed E-state index contributed by atoms with van der Waals surface area (Å²) in [7, 11) is 0. The minimum Gasteiger partial charge on any atom is -0.352 e. The van der Waals surface area contributed by atoms with Gasteiger partial charge >= 0.3 is 0 Å². The van der Waals surface area contributed by atoms with Crippen LogP contribution in [0, 0.1) is 6.92 Å². The van der Waals surface area contributed by atoms with Crippen molar-refractivity contribution in [3.05, 3.63) is 47.1 Å². The van der Waals surface area contributed by atoms with Crippen LogP contribution < -0.4 is 5.32 Å². The predicted octanol–water partition coefficient (Wildman–Crippen LogP) is 2.75. The summed E-state index contributed by atoms with van der Waals surface area (Å²) in [6, 6.07) is 8.01. The molecular formula is C16H21N3O2. The SMILES string of the molecule is Cc1ccccc1CNC(=O)CCc1nc(C(C)C)no1. The van der Waals surface area contributed by atoms with Crippen LogP contribution in [0.25, 0.3) is 0 Å². The van der Waals surface area contributed by atoms with E-state index in [-0.39, 0.29) is 11.8 Å². The Morgan fingerprint density at radius 1 is 1.33 bits per heavy atom. The Morgan fingerprint density at radius 3 is 2.76 bits per heavy atom. The van der Waals surface area contributed by atoms with Crippen molar-refractivity contribution in [3.63, 3.8) is 0 Å². The third-order valence-corrected chi connectivity index (χ3v) is 3.30. The summed E-state index contributed by atoms with van der Waals surface area (Å²) in [6.07, 6.45) is 0.824. The molecule has 1 aromatic heterocycles. The van der Waals surface area contributed by atoms with Gasteiger partial charge in [-0.05, 0) is 18.1 Å². The summed E-state index contributed by atoms with van der Waals surface area (Å²) >= 11 is 0. The van der Waals surface area contributed by atoms with Gasteiger partial charge in [0.25, 0.3) is 0 Å². The molecule has 1 amide bonds. The van der Waals surface area contributed by atoms with E-state index in [0.29, 0.717) is 31.1 Å². The molecule has 5 nitrogen and oxygen atoms in total. The molecule has 0 fully saturated rings. The van der Waals surface area contributed by atoms with E-state index in [2.05, 4.69) is 15.5 Å². The van der Waals surface area contributed by atoms with E-state index in [4.69, 9.17) is 4.52 Å². The van der Waals surface area contributed by atoms with E-state index < -0.39 is 0 Å². The van der Waals surface area contributed by atoms with E-state index >= 15 is 0 Å². The van der Waals surface area contributed by atoms with Crippen molar-refractivity contribution in [3.8, 4) is 0 Å². The largest absolute Gasteiger partial charge is 0.352 e. The highest BCUT2D eigenvalue weighted by molar-refractivity contribution is 5.76. The molecule has 0 unspecified atom stereocenters. The van der Waals surface area contributed by atoms with Crippen molar-refractivity contribution >= 4 is 5.91 Å². The zero-order chi connectivity index (χ0) is 15.2. The second-order valence-electron chi connectivity index (χ2n) is 5.40. The zero-order valence-electron chi connectivity index (χ0n) is 12.7. The molecule has 0 spiro atoms. The van der Waals surface area contributed by atoms with Crippen molar-refractivity contribution in [2.24, 2.45) is 0 Å². The standard InChI is InChI=1S/C16H21N3O2/c1-11(2)16-18-15(21-19-16)9-8-14(20)17-10-13-7-5-4-6-12(13)3/h4-7,11H,8-10H2,1-3H3,(H,17,20). The molecule has 1 heterocycles. The van der Waals surface area contributed by atoms with Gasteiger partial charge in [0.2, 0.25) is 11.8 Å². The number of rotatable bonds is 6. The smallest absolute Gasteiger partial charge is 0.227 e. The third-order valence-electron chi connectivity index (χ3n) is 3.30. The highest BCUT2D eigenvalue weighted by Crippen LogP contribution is 2.11. The Bertz CT molecular complexity index is 605. The van der Waals surface area contributed by atoms with Gasteiger partial charge in [0.15, 0.2) is 5.82 Å². The first-order chi connectivity index (χ1) is 10.1. The monoisotopic (exact) mass is 287 g/mol. The van der Waals surface area contributed by atoms with Gasteiger partial charge in [0.05, 0.1) is 0 Å². The number of nitrogens with zero attached hydrogens (tertiary/aromatic N) is 2. The number of aryl methyl sites for hydroxylation is 2. The molecule has 1 N–H and O–H groups in total. The van der Waals surface area contributed by atoms with Crippen molar-refractivity contribution in [2.45, 2.75) is 46.1 Å². The molecule has 0 aliphatic carbocycles. The van der Waals surface area contributed by atoms with Crippen molar-refractivity contribution in [1.29, 1.82) is 0 Å². The van der Waals surface area contributed by atoms with Crippen molar-refractivity contribution in [1.82, 2.24) is 15.5 Å². The lowest BCUT2D eigenvalue weighted by molar-refractivity contribution is -0.121. The Labute approximate surface area is 124 Å². The second-order valence-corrected chi connectivity index (χ2v) is 5.40. The van der Waals surface area contributed by atoms with Gasteiger partial charge in [-0.25, -0.2) is 0 Å². The van der Waals surface area contributed by atoms with Gasteiger partial charge in [0, 0.05) is 25.3 Å². The average Bonchev–Trinajstić information content (AvgIpc) is 2.93. The van der Waals surface area contributed by atoms with E-state index in [9.17, 15) is 4.79 Å². The van der Waals surface area contributed by atoms with Crippen LogP contribution in [0.15, 0.2) is 28.8 Å². The summed E-state index contributed by atoms with van der Waals surface area (Å²) in [5, 5.41) is 6.79. The number of carbonyl (C=O) groups excluding carboxylic acids is 1. The predicted molar refractivity (Wildman–Crippen MR) is 79.7 cm³/mol. The molecule has 0 saturated carbocycles. The van der Waals surface area contributed by atoms with Gasteiger partial charge in [-0.1, -0.05) is 43.3 Å². The molecule has 0 atom stereocenters. The molecule has 0 aliphatic heterocycles. The van der Waals surface area contributed by atoms with Gasteiger partial charge in [-0.2, -0.15) is 4.98 Å². The van der Waals surface area contributed by atoms with Crippen LogP contribution in [0.5, 0.6) is 0 Å². The maximum atomic E-state index is 11.8. The lowest BCUT2D eigenvalue weighted by Crippen LogP contribution is -2.23. The number of hydrogen-bond donors (Lipinski definition) is 1. The fraction of sp³-hybridized carbons (Fsp3) is 0.438. The summed E-state index contributed by atoms with van der Waals surface area (Å²) < 4.78 is 5.12. The zero-order valence-corrected chi connectivity index (χ0v) is 12.7. The Balaban J connectivity index is 1.78. The maximum absolute atomic E-state index is 11.8. The molecule has 21 heavy (non-hydrogen) atoms. The van der Waals surface area contributed by atoms with Gasteiger partial charge < -0.3 is 9.84 Å². The summed E-state index contributed by atoms with van der Waals surface area (Å²) in [6.45, 7) is 6.59. The summed E-state index contributed by atoms with van der Waals surface area (Å²) in [5.74, 6) is 1.43. The molecule has 0 saturated heterocycles. The number of aromatic nitrogens is 2. The van der Waals surface area contributed by atoms with Gasteiger partial charge in [-0.15, -0.1) is 0 Å².